The Morgan fingerprint density at radius 1 is 1.15 bits per heavy atom. The van der Waals surface area contributed by atoms with Crippen molar-refractivity contribution in [1.29, 1.82) is 5.26 Å². The van der Waals surface area contributed by atoms with Gasteiger partial charge in [-0.2, -0.15) is 23.5 Å². The van der Waals surface area contributed by atoms with Gasteiger partial charge in [-0.05, 0) is 23.8 Å². The van der Waals surface area contributed by atoms with E-state index in [4.69, 9.17) is 10.00 Å². The summed E-state index contributed by atoms with van der Waals surface area (Å²) < 4.78 is 47.1. The molecule has 0 unspecified atom stereocenters. The lowest BCUT2D eigenvalue weighted by molar-refractivity contribution is -0.138. The molecule has 14 heteroatoms. The first-order chi connectivity index (χ1) is 19.3. The van der Waals surface area contributed by atoms with Crippen molar-refractivity contribution in [3.05, 3.63) is 75.6 Å². The highest BCUT2D eigenvalue weighted by molar-refractivity contribution is 5.76. The summed E-state index contributed by atoms with van der Waals surface area (Å²) in [6, 6.07) is 8.28. The van der Waals surface area contributed by atoms with Crippen LogP contribution in [0.2, 0.25) is 0 Å². The van der Waals surface area contributed by atoms with Crippen molar-refractivity contribution in [2.45, 2.75) is 25.2 Å². The Morgan fingerprint density at radius 2 is 1.95 bits per heavy atom. The standard InChI is InChI=1S/C26H25F3N8O3/c27-26(28,29)23-19(14-33-34-25(23)39)37-15-18-2-1-6-31-24(18)20(37)16-40-11-5-22(38)36-9-7-35(8-10-36)21-4-3-17(12-30)13-32-21/h1-4,6,13-14,20H,5,7-11,15-16H2,(H,34,39)/t20-/m1/s1. The first-order valence-corrected chi connectivity index (χ1v) is 12.6. The first-order valence-electron chi connectivity index (χ1n) is 12.6. The third-order valence-electron chi connectivity index (χ3n) is 6.96. The van der Waals surface area contributed by atoms with Crippen LogP contribution in [0.25, 0.3) is 0 Å². The second-order valence-corrected chi connectivity index (χ2v) is 9.36. The van der Waals surface area contributed by atoms with Crippen molar-refractivity contribution in [2.75, 3.05) is 49.2 Å². The number of carbonyl (C=O) groups excluding carboxylic acids is 1. The molecule has 1 saturated heterocycles. The van der Waals surface area contributed by atoms with E-state index in [1.165, 1.54) is 11.1 Å². The summed E-state index contributed by atoms with van der Waals surface area (Å²) in [6.07, 6.45) is -0.727. The summed E-state index contributed by atoms with van der Waals surface area (Å²) in [5.41, 5.74) is -1.26. The molecule has 5 rings (SSSR count). The molecule has 40 heavy (non-hydrogen) atoms. The molecule has 11 nitrogen and oxygen atoms in total. The SMILES string of the molecule is N#Cc1ccc(N2CCN(C(=O)CCOC[C@@H]3c4ncccc4CN3c3cn[nH]c(=O)c3C(F)(F)F)CC2)nc1. The quantitative estimate of drug-likeness (QED) is 0.437. The molecule has 5 heterocycles. The third kappa shape index (κ3) is 5.59. The van der Waals surface area contributed by atoms with Crippen LogP contribution in [0.5, 0.6) is 0 Å². The van der Waals surface area contributed by atoms with Gasteiger partial charge in [0.25, 0.3) is 5.56 Å². The van der Waals surface area contributed by atoms with E-state index in [0.717, 1.165) is 17.6 Å². The van der Waals surface area contributed by atoms with Crippen molar-refractivity contribution < 1.29 is 22.7 Å². The van der Waals surface area contributed by atoms with Crippen LogP contribution >= 0.6 is 0 Å². The van der Waals surface area contributed by atoms with E-state index < -0.39 is 23.3 Å². The van der Waals surface area contributed by atoms with Gasteiger partial charge in [-0.1, -0.05) is 6.07 Å². The van der Waals surface area contributed by atoms with Crippen LogP contribution < -0.4 is 15.4 Å². The van der Waals surface area contributed by atoms with Gasteiger partial charge in [0.15, 0.2) is 0 Å². The van der Waals surface area contributed by atoms with Crippen molar-refractivity contribution in [1.82, 2.24) is 25.1 Å². The van der Waals surface area contributed by atoms with Gasteiger partial charge < -0.3 is 19.4 Å². The number of carbonyl (C=O) groups is 1. The van der Waals surface area contributed by atoms with Gasteiger partial charge in [-0.25, -0.2) is 10.1 Å². The fourth-order valence-electron chi connectivity index (χ4n) is 4.97. The van der Waals surface area contributed by atoms with Crippen molar-refractivity contribution >= 4 is 17.4 Å². The topological polar surface area (TPSA) is 131 Å². The second kappa shape index (κ2) is 11.3. The number of nitriles is 1. The van der Waals surface area contributed by atoms with Gasteiger partial charge in [0.05, 0.1) is 48.8 Å². The number of halogens is 3. The molecule has 1 fully saturated rings. The van der Waals surface area contributed by atoms with Gasteiger partial charge in [0, 0.05) is 45.1 Å². The maximum Gasteiger partial charge on any atom is 0.423 e. The summed E-state index contributed by atoms with van der Waals surface area (Å²) in [5, 5.41) is 14.4. The minimum Gasteiger partial charge on any atom is -0.378 e. The Balaban J connectivity index is 1.18. The van der Waals surface area contributed by atoms with Gasteiger partial charge >= 0.3 is 6.18 Å². The van der Waals surface area contributed by atoms with Crippen molar-refractivity contribution in [2.24, 2.45) is 0 Å². The van der Waals surface area contributed by atoms with Gasteiger partial charge in [-0.15, -0.1) is 0 Å². The Kier molecular flexibility index (Phi) is 7.65. The van der Waals surface area contributed by atoms with E-state index in [-0.39, 0.29) is 37.8 Å². The van der Waals surface area contributed by atoms with E-state index in [9.17, 15) is 22.8 Å². The third-order valence-corrected chi connectivity index (χ3v) is 6.96. The lowest BCUT2D eigenvalue weighted by Crippen LogP contribution is -2.49. The van der Waals surface area contributed by atoms with Crippen LogP contribution in [0.1, 0.15) is 34.8 Å². The molecule has 0 radical (unpaired) electrons. The van der Waals surface area contributed by atoms with Crippen LogP contribution in [0, 0.1) is 11.3 Å². The average molecular weight is 555 g/mol. The fraction of sp³-hybridized carbons (Fsp3) is 0.385. The molecule has 0 spiro atoms. The van der Waals surface area contributed by atoms with E-state index >= 15 is 0 Å². The lowest BCUT2D eigenvalue weighted by Gasteiger charge is -2.35. The predicted molar refractivity (Wildman–Crippen MR) is 136 cm³/mol. The highest BCUT2D eigenvalue weighted by atomic mass is 19.4. The number of nitrogens with one attached hydrogen (secondary N) is 1. The van der Waals surface area contributed by atoms with Crippen molar-refractivity contribution in [3.8, 4) is 6.07 Å². The first kappa shape index (κ1) is 27.1. The Morgan fingerprint density at radius 3 is 2.65 bits per heavy atom. The number of ether oxygens (including phenoxy) is 1. The molecule has 0 aliphatic carbocycles. The molecule has 2 aliphatic heterocycles. The maximum absolute atomic E-state index is 13.8. The zero-order chi connectivity index (χ0) is 28.3. The average Bonchev–Trinajstić information content (AvgIpc) is 3.33. The molecule has 208 valence electrons. The zero-order valence-electron chi connectivity index (χ0n) is 21.3. The second-order valence-electron chi connectivity index (χ2n) is 9.36. The highest BCUT2D eigenvalue weighted by Gasteiger charge is 2.42. The molecular formula is C26H25F3N8O3. The number of alkyl halides is 3. The minimum absolute atomic E-state index is 0.0282. The molecule has 1 amide bonds. The number of H-pyrrole nitrogens is 1. The predicted octanol–water partition coefficient (Wildman–Crippen LogP) is 2.27. The molecule has 3 aromatic heterocycles. The van der Waals surface area contributed by atoms with Crippen LogP contribution in [-0.2, 0) is 22.3 Å². The number of hydrogen-bond acceptors (Lipinski definition) is 9. The Hall–Kier alpha value is -4.51. The van der Waals surface area contributed by atoms with Crippen LogP contribution in [0.3, 0.4) is 0 Å². The van der Waals surface area contributed by atoms with E-state index in [2.05, 4.69) is 15.1 Å². The molecule has 2 aliphatic rings. The monoisotopic (exact) mass is 554 g/mol. The van der Waals surface area contributed by atoms with Crippen molar-refractivity contribution in [3.63, 3.8) is 0 Å². The number of hydrogen-bond donors (Lipinski definition) is 1. The zero-order valence-corrected chi connectivity index (χ0v) is 21.3. The van der Waals surface area contributed by atoms with E-state index in [0.29, 0.717) is 37.4 Å². The van der Waals surface area contributed by atoms with Gasteiger partial charge in [-0.3, -0.25) is 14.6 Å². The summed E-state index contributed by atoms with van der Waals surface area (Å²) in [5.74, 6) is 0.654. The number of rotatable bonds is 7. The summed E-state index contributed by atoms with van der Waals surface area (Å²) in [4.78, 5) is 38.7. The number of pyridine rings is 2. The smallest absolute Gasteiger partial charge is 0.378 e. The van der Waals surface area contributed by atoms with Crippen LogP contribution in [0.4, 0.5) is 24.7 Å². The van der Waals surface area contributed by atoms with Crippen LogP contribution in [0.15, 0.2) is 47.7 Å². The summed E-state index contributed by atoms with van der Waals surface area (Å²) in [6.45, 7) is 2.34. The fourth-order valence-corrected chi connectivity index (χ4v) is 4.97. The number of fused-ring (bicyclic) bond motifs is 1. The van der Waals surface area contributed by atoms with E-state index in [1.807, 2.05) is 16.1 Å². The minimum atomic E-state index is -4.88. The number of aromatic amines is 1. The molecule has 0 bridgehead atoms. The van der Waals surface area contributed by atoms with Gasteiger partial charge in [0.1, 0.15) is 17.5 Å². The number of amides is 1. The normalized spacial score (nSPS) is 17.1. The molecular weight excluding hydrogens is 529 g/mol. The summed E-state index contributed by atoms with van der Waals surface area (Å²) >= 11 is 0. The number of aromatic nitrogens is 4. The van der Waals surface area contributed by atoms with E-state index in [1.54, 1.807) is 35.4 Å². The molecule has 1 N–H and O–H groups in total. The molecule has 0 aromatic carbocycles. The highest BCUT2D eigenvalue weighted by Crippen LogP contribution is 2.41. The number of nitrogens with zero attached hydrogens (tertiary/aromatic N) is 7. The number of anilines is 2. The van der Waals surface area contributed by atoms with Crippen LogP contribution in [-0.4, -0.2) is 70.4 Å². The molecule has 1 atom stereocenters. The largest absolute Gasteiger partial charge is 0.423 e. The van der Waals surface area contributed by atoms with Gasteiger partial charge in [0.2, 0.25) is 5.91 Å². The Bertz CT molecular complexity index is 1460. The lowest BCUT2D eigenvalue weighted by atomic mass is 10.1. The molecule has 3 aromatic rings. The molecule has 0 saturated carbocycles. The number of piperazine rings is 1. The maximum atomic E-state index is 13.8. The Labute approximate surface area is 226 Å². The summed E-state index contributed by atoms with van der Waals surface area (Å²) in [7, 11) is 0.